The van der Waals surface area contributed by atoms with Crippen molar-refractivity contribution >= 4 is 29.9 Å². The SMILES string of the molecule is CC(CS)C(=O)Nc1ccc(N)cc1. The lowest BCUT2D eigenvalue weighted by Crippen LogP contribution is -2.21. The van der Waals surface area contributed by atoms with Gasteiger partial charge in [-0.2, -0.15) is 12.6 Å². The molecule has 1 aromatic carbocycles. The van der Waals surface area contributed by atoms with Gasteiger partial charge >= 0.3 is 0 Å². The van der Waals surface area contributed by atoms with Crippen LogP contribution in [0.25, 0.3) is 0 Å². The highest BCUT2D eigenvalue weighted by molar-refractivity contribution is 7.80. The number of carbonyl (C=O) groups is 1. The molecule has 3 N–H and O–H groups in total. The molecule has 3 nitrogen and oxygen atoms in total. The summed E-state index contributed by atoms with van der Waals surface area (Å²) in [7, 11) is 0. The quantitative estimate of drug-likeness (QED) is 0.526. The van der Waals surface area contributed by atoms with Crippen molar-refractivity contribution in [1.29, 1.82) is 0 Å². The summed E-state index contributed by atoms with van der Waals surface area (Å²) in [6.45, 7) is 1.83. The van der Waals surface area contributed by atoms with Crippen molar-refractivity contribution in [3.8, 4) is 0 Å². The van der Waals surface area contributed by atoms with Crippen LogP contribution in [-0.4, -0.2) is 11.7 Å². The Morgan fingerprint density at radius 1 is 1.50 bits per heavy atom. The third-order valence-corrected chi connectivity index (χ3v) is 2.45. The van der Waals surface area contributed by atoms with Crippen LogP contribution in [-0.2, 0) is 4.79 Å². The first kappa shape index (κ1) is 10.9. The third-order valence-electron chi connectivity index (χ3n) is 1.90. The lowest BCUT2D eigenvalue weighted by molar-refractivity contribution is -0.118. The summed E-state index contributed by atoms with van der Waals surface area (Å²) in [6.07, 6.45) is 0. The highest BCUT2D eigenvalue weighted by Gasteiger charge is 2.10. The molecule has 1 amide bonds. The summed E-state index contributed by atoms with van der Waals surface area (Å²) in [5, 5.41) is 2.78. The van der Waals surface area contributed by atoms with E-state index in [2.05, 4.69) is 17.9 Å². The number of nitrogen functional groups attached to an aromatic ring is 1. The van der Waals surface area contributed by atoms with Gasteiger partial charge < -0.3 is 11.1 Å². The highest BCUT2D eigenvalue weighted by atomic mass is 32.1. The Hall–Kier alpha value is -1.16. The number of benzene rings is 1. The molecule has 1 rings (SSSR count). The number of hydrogen-bond donors (Lipinski definition) is 3. The Balaban J connectivity index is 2.60. The number of amides is 1. The highest BCUT2D eigenvalue weighted by Crippen LogP contribution is 2.12. The Bertz CT molecular complexity index is 310. The first-order valence-corrected chi connectivity index (χ1v) is 5.04. The van der Waals surface area contributed by atoms with Crippen LogP contribution in [0.15, 0.2) is 24.3 Å². The molecule has 1 atom stereocenters. The van der Waals surface area contributed by atoms with Crippen molar-refractivity contribution in [1.82, 2.24) is 0 Å². The molecule has 0 heterocycles. The molecule has 0 saturated carbocycles. The van der Waals surface area contributed by atoms with E-state index in [0.29, 0.717) is 11.4 Å². The first-order valence-electron chi connectivity index (χ1n) is 4.40. The van der Waals surface area contributed by atoms with Gasteiger partial charge in [0.15, 0.2) is 0 Å². The number of anilines is 2. The van der Waals surface area contributed by atoms with Gasteiger partial charge in [0.05, 0.1) is 0 Å². The largest absolute Gasteiger partial charge is 0.399 e. The second kappa shape index (κ2) is 4.91. The zero-order valence-electron chi connectivity index (χ0n) is 8.03. The van der Waals surface area contributed by atoms with Gasteiger partial charge in [-0.15, -0.1) is 0 Å². The van der Waals surface area contributed by atoms with Crippen molar-refractivity contribution in [2.45, 2.75) is 6.92 Å². The summed E-state index contributed by atoms with van der Waals surface area (Å²) in [6, 6.07) is 7.05. The number of hydrogen-bond acceptors (Lipinski definition) is 3. The molecule has 0 fully saturated rings. The van der Waals surface area contributed by atoms with E-state index >= 15 is 0 Å². The van der Waals surface area contributed by atoms with E-state index in [1.807, 2.05) is 6.92 Å². The van der Waals surface area contributed by atoms with E-state index in [4.69, 9.17) is 5.73 Å². The van der Waals surface area contributed by atoms with Crippen molar-refractivity contribution in [2.75, 3.05) is 16.8 Å². The summed E-state index contributed by atoms with van der Waals surface area (Å²) < 4.78 is 0. The Labute approximate surface area is 89.1 Å². The molecular formula is C10H14N2OS. The molecule has 4 heteroatoms. The molecule has 14 heavy (non-hydrogen) atoms. The van der Waals surface area contributed by atoms with Crippen molar-refractivity contribution in [2.24, 2.45) is 5.92 Å². The number of carbonyl (C=O) groups excluding carboxylic acids is 1. The summed E-state index contributed by atoms with van der Waals surface area (Å²) in [5.74, 6) is 0.432. The molecule has 0 aliphatic heterocycles. The lowest BCUT2D eigenvalue weighted by atomic mass is 10.2. The molecule has 0 aliphatic rings. The molecule has 0 saturated heterocycles. The number of rotatable bonds is 3. The van der Waals surface area contributed by atoms with Crippen molar-refractivity contribution < 1.29 is 4.79 Å². The molecule has 0 spiro atoms. The van der Waals surface area contributed by atoms with Gasteiger partial charge in [0.25, 0.3) is 0 Å². The fraction of sp³-hybridized carbons (Fsp3) is 0.300. The van der Waals surface area contributed by atoms with Crippen LogP contribution < -0.4 is 11.1 Å². The Morgan fingerprint density at radius 2 is 2.07 bits per heavy atom. The summed E-state index contributed by atoms with van der Waals surface area (Å²) in [5.41, 5.74) is 6.97. The maximum Gasteiger partial charge on any atom is 0.228 e. The molecule has 1 unspecified atom stereocenters. The van der Waals surface area contributed by atoms with Gasteiger partial charge in [0.1, 0.15) is 0 Å². The molecule has 0 radical (unpaired) electrons. The van der Waals surface area contributed by atoms with E-state index in [1.54, 1.807) is 24.3 Å². The smallest absolute Gasteiger partial charge is 0.228 e. The fourth-order valence-electron chi connectivity index (χ4n) is 0.915. The normalized spacial score (nSPS) is 12.1. The minimum Gasteiger partial charge on any atom is -0.399 e. The molecule has 1 aromatic rings. The van der Waals surface area contributed by atoms with Crippen LogP contribution in [0.5, 0.6) is 0 Å². The standard InChI is InChI=1S/C10H14N2OS/c1-7(6-14)10(13)12-9-4-2-8(11)3-5-9/h2-5,7,14H,6,11H2,1H3,(H,12,13). The van der Waals surface area contributed by atoms with Crippen LogP contribution in [0, 0.1) is 5.92 Å². The van der Waals surface area contributed by atoms with Crippen LogP contribution in [0.2, 0.25) is 0 Å². The molecule has 0 bridgehead atoms. The van der Waals surface area contributed by atoms with Crippen LogP contribution in [0.3, 0.4) is 0 Å². The van der Waals surface area contributed by atoms with E-state index in [0.717, 1.165) is 5.69 Å². The predicted molar refractivity (Wildman–Crippen MR) is 62.5 cm³/mol. The van der Waals surface area contributed by atoms with Gasteiger partial charge in [-0.1, -0.05) is 6.92 Å². The Morgan fingerprint density at radius 3 is 2.57 bits per heavy atom. The minimum absolute atomic E-state index is 0.0234. The lowest BCUT2D eigenvalue weighted by Gasteiger charge is -2.09. The molecule has 76 valence electrons. The average Bonchev–Trinajstić information content (AvgIpc) is 2.20. The number of thiol groups is 1. The first-order chi connectivity index (χ1) is 6.63. The van der Waals surface area contributed by atoms with E-state index in [1.165, 1.54) is 0 Å². The van der Waals surface area contributed by atoms with Crippen molar-refractivity contribution in [3.05, 3.63) is 24.3 Å². The maximum absolute atomic E-state index is 11.4. The summed E-state index contributed by atoms with van der Waals surface area (Å²) >= 11 is 4.06. The minimum atomic E-state index is -0.0871. The van der Waals surface area contributed by atoms with Gasteiger partial charge in [-0.3, -0.25) is 4.79 Å². The number of nitrogens with one attached hydrogen (secondary N) is 1. The van der Waals surface area contributed by atoms with Gasteiger partial charge in [0, 0.05) is 23.0 Å². The van der Waals surface area contributed by atoms with Gasteiger partial charge in [-0.25, -0.2) is 0 Å². The monoisotopic (exact) mass is 210 g/mol. The summed E-state index contributed by atoms with van der Waals surface area (Å²) in [4.78, 5) is 11.4. The Kier molecular flexibility index (Phi) is 3.83. The predicted octanol–water partition coefficient (Wildman–Crippen LogP) is 1.77. The van der Waals surface area contributed by atoms with Crippen LogP contribution in [0.1, 0.15) is 6.92 Å². The zero-order chi connectivity index (χ0) is 10.6. The fourth-order valence-corrected chi connectivity index (χ4v) is 1.08. The van der Waals surface area contributed by atoms with Crippen LogP contribution in [0.4, 0.5) is 11.4 Å². The molecular weight excluding hydrogens is 196 g/mol. The second-order valence-electron chi connectivity index (χ2n) is 3.19. The number of nitrogens with two attached hydrogens (primary N) is 1. The second-order valence-corrected chi connectivity index (χ2v) is 3.56. The molecule has 0 aromatic heterocycles. The van der Waals surface area contributed by atoms with Crippen molar-refractivity contribution in [3.63, 3.8) is 0 Å². The maximum atomic E-state index is 11.4. The third kappa shape index (κ3) is 2.96. The average molecular weight is 210 g/mol. The molecule has 0 aliphatic carbocycles. The van der Waals surface area contributed by atoms with Crippen LogP contribution >= 0.6 is 12.6 Å². The topological polar surface area (TPSA) is 55.1 Å². The van der Waals surface area contributed by atoms with E-state index in [9.17, 15) is 4.79 Å². The van der Waals surface area contributed by atoms with Gasteiger partial charge in [-0.05, 0) is 24.3 Å². The van der Waals surface area contributed by atoms with E-state index in [-0.39, 0.29) is 11.8 Å². The van der Waals surface area contributed by atoms with Gasteiger partial charge in [0.2, 0.25) is 5.91 Å². The zero-order valence-corrected chi connectivity index (χ0v) is 8.92. The van der Waals surface area contributed by atoms with E-state index < -0.39 is 0 Å².